The van der Waals surface area contributed by atoms with Crippen LogP contribution in [0.15, 0.2) is 24.3 Å². The van der Waals surface area contributed by atoms with Crippen molar-refractivity contribution in [2.24, 2.45) is 11.8 Å². The smallest absolute Gasteiger partial charge is 0.317 e. The lowest BCUT2D eigenvalue weighted by atomic mass is 9.61. The number of carbonyl (C=O) groups excluding carboxylic acids is 3. The lowest BCUT2D eigenvalue weighted by molar-refractivity contribution is -0.182. The second-order valence-corrected chi connectivity index (χ2v) is 10.1. The van der Waals surface area contributed by atoms with Gasteiger partial charge in [0.25, 0.3) is 0 Å². The van der Waals surface area contributed by atoms with Crippen LogP contribution in [0.3, 0.4) is 0 Å². The number of rotatable bonds is 3. The van der Waals surface area contributed by atoms with Gasteiger partial charge >= 0.3 is 11.9 Å². The van der Waals surface area contributed by atoms with Crippen LogP contribution in [-0.4, -0.2) is 39.6 Å². The molecule has 0 unspecified atom stereocenters. The Morgan fingerprint density at radius 1 is 1.07 bits per heavy atom. The van der Waals surface area contributed by atoms with Crippen LogP contribution in [0.25, 0.3) is 0 Å². The van der Waals surface area contributed by atoms with Crippen molar-refractivity contribution >= 4 is 17.7 Å². The van der Waals surface area contributed by atoms with Gasteiger partial charge in [0.15, 0.2) is 5.78 Å². The zero-order valence-corrected chi connectivity index (χ0v) is 18.6. The molecule has 7 heteroatoms. The van der Waals surface area contributed by atoms with E-state index < -0.39 is 64.5 Å². The van der Waals surface area contributed by atoms with Crippen LogP contribution in [0.4, 0.5) is 4.39 Å². The van der Waals surface area contributed by atoms with Gasteiger partial charge in [0.05, 0.1) is 11.5 Å². The standard InChI is InChI=1S/C23H31FO6/c1-21(2,3)29-19(26)17-15(25)12-23(7,28)18(20(27)30-22(4,5)6)16(17)13-9-8-10-14(24)11-13/h8-11,16-18,28H,12H2,1-7H3/t16-,17+,18+,23-/m1/s1. The number of benzene rings is 1. The van der Waals surface area contributed by atoms with Crippen LogP contribution < -0.4 is 0 Å². The molecule has 0 saturated heterocycles. The van der Waals surface area contributed by atoms with Crippen molar-refractivity contribution in [2.45, 2.75) is 77.6 Å². The molecule has 0 bridgehead atoms. The number of Topliss-reactive ketones (excluding diaryl/α,β-unsaturated/α-hetero) is 1. The van der Waals surface area contributed by atoms with Crippen LogP contribution >= 0.6 is 0 Å². The predicted molar refractivity (Wildman–Crippen MR) is 108 cm³/mol. The SMILES string of the molecule is CC(C)(C)OC(=O)[C@H]1C(=O)C[C@@](C)(O)[C@H](C(=O)OC(C)(C)C)[C@@H]1c1cccc(F)c1. The first kappa shape index (κ1) is 24.0. The first-order chi connectivity index (χ1) is 13.5. The second kappa shape index (κ2) is 8.10. The van der Waals surface area contributed by atoms with E-state index in [0.717, 1.165) is 6.07 Å². The fraction of sp³-hybridized carbons (Fsp3) is 0.609. The Labute approximate surface area is 176 Å². The van der Waals surface area contributed by atoms with Gasteiger partial charge in [-0.1, -0.05) is 12.1 Å². The number of ketones is 1. The number of esters is 2. The van der Waals surface area contributed by atoms with Crippen LogP contribution in [0.5, 0.6) is 0 Å². The maximum Gasteiger partial charge on any atom is 0.317 e. The number of aliphatic hydroxyl groups is 1. The largest absolute Gasteiger partial charge is 0.460 e. The lowest BCUT2D eigenvalue weighted by Crippen LogP contribution is -2.56. The fourth-order valence-corrected chi connectivity index (χ4v) is 3.86. The molecule has 0 spiro atoms. The van der Waals surface area contributed by atoms with E-state index in [9.17, 15) is 23.9 Å². The molecule has 1 aliphatic carbocycles. The molecular formula is C23H31FO6. The summed E-state index contributed by atoms with van der Waals surface area (Å²) in [6, 6.07) is 5.33. The Bertz CT molecular complexity index is 831. The number of ether oxygens (including phenoxy) is 2. The maximum atomic E-state index is 14.0. The van der Waals surface area contributed by atoms with Crippen LogP contribution in [0.1, 0.15) is 66.4 Å². The first-order valence-corrected chi connectivity index (χ1v) is 9.98. The number of hydrogen-bond donors (Lipinski definition) is 1. The second-order valence-electron chi connectivity index (χ2n) is 10.1. The van der Waals surface area contributed by atoms with Gasteiger partial charge in [-0.3, -0.25) is 14.4 Å². The molecular weight excluding hydrogens is 391 g/mol. The molecule has 1 fully saturated rings. The Kier molecular flexibility index (Phi) is 6.48. The van der Waals surface area contributed by atoms with Gasteiger partial charge in [-0.05, 0) is 66.2 Å². The average Bonchev–Trinajstić information content (AvgIpc) is 2.49. The summed E-state index contributed by atoms with van der Waals surface area (Å²) in [7, 11) is 0. The van der Waals surface area contributed by atoms with Gasteiger partial charge in [0, 0.05) is 12.3 Å². The van der Waals surface area contributed by atoms with Crippen molar-refractivity contribution in [1.82, 2.24) is 0 Å². The first-order valence-electron chi connectivity index (χ1n) is 9.98. The zero-order valence-electron chi connectivity index (χ0n) is 18.6. The van der Waals surface area contributed by atoms with E-state index in [0.29, 0.717) is 0 Å². The van der Waals surface area contributed by atoms with E-state index in [-0.39, 0.29) is 5.56 Å². The third kappa shape index (κ3) is 5.65. The Morgan fingerprint density at radius 2 is 1.60 bits per heavy atom. The normalized spacial score (nSPS) is 27.5. The summed E-state index contributed by atoms with van der Waals surface area (Å²) in [5.41, 5.74) is -3.27. The van der Waals surface area contributed by atoms with Crippen LogP contribution in [-0.2, 0) is 23.9 Å². The summed E-state index contributed by atoms with van der Waals surface area (Å²) in [6.07, 6.45) is -0.424. The number of carbonyl (C=O) groups is 3. The molecule has 1 aliphatic rings. The summed E-state index contributed by atoms with van der Waals surface area (Å²) >= 11 is 0. The molecule has 1 aromatic carbocycles. The van der Waals surface area contributed by atoms with Gasteiger partial charge in [0.2, 0.25) is 0 Å². The molecule has 1 saturated carbocycles. The van der Waals surface area contributed by atoms with E-state index in [2.05, 4.69) is 0 Å². The molecule has 30 heavy (non-hydrogen) atoms. The molecule has 0 amide bonds. The number of hydrogen-bond acceptors (Lipinski definition) is 6. The molecule has 4 atom stereocenters. The highest BCUT2D eigenvalue weighted by Crippen LogP contribution is 2.47. The molecule has 1 N–H and O–H groups in total. The van der Waals surface area contributed by atoms with E-state index in [1.807, 2.05) is 0 Å². The lowest BCUT2D eigenvalue weighted by Gasteiger charge is -2.44. The van der Waals surface area contributed by atoms with Crippen molar-refractivity contribution in [3.05, 3.63) is 35.6 Å². The quantitative estimate of drug-likeness (QED) is 0.592. The minimum atomic E-state index is -1.78. The highest BCUT2D eigenvalue weighted by molar-refractivity contribution is 6.03. The Hall–Kier alpha value is -2.28. The van der Waals surface area contributed by atoms with Gasteiger partial charge in [0.1, 0.15) is 22.9 Å². The van der Waals surface area contributed by atoms with E-state index in [1.165, 1.54) is 25.1 Å². The molecule has 6 nitrogen and oxygen atoms in total. The molecule has 2 rings (SSSR count). The summed E-state index contributed by atoms with van der Waals surface area (Å²) in [5.74, 6) is -6.51. The average molecular weight is 422 g/mol. The van der Waals surface area contributed by atoms with Crippen molar-refractivity contribution < 1.29 is 33.4 Å². The van der Waals surface area contributed by atoms with Crippen LogP contribution in [0, 0.1) is 17.7 Å². The molecule has 0 aliphatic heterocycles. The fourth-order valence-electron chi connectivity index (χ4n) is 3.86. The minimum Gasteiger partial charge on any atom is -0.460 e. The Morgan fingerprint density at radius 3 is 2.10 bits per heavy atom. The molecule has 1 aromatic rings. The monoisotopic (exact) mass is 422 g/mol. The summed E-state index contributed by atoms with van der Waals surface area (Å²) in [4.78, 5) is 39.1. The Balaban J connectivity index is 2.64. The minimum absolute atomic E-state index is 0.245. The highest BCUT2D eigenvalue weighted by atomic mass is 19.1. The van der Waals surface area contributed by atoms with E-state index >= 15 is 0 Å². The van der Waals surface area contributed by atoms with Crippen molar-refractivity contribution in [3.8, 4) is 0 Å². The highest BCUT2D eigenvalue weighted by Gasteiger charge is 2.57. The molecule has 0 heterocycles. The van der Waals surface area contributed by atoms with Gasteiger partial charge in [-0.25, -0.2) is 4.39 Å². The topological polar surface area (TPSA) is 89.9 Å². The van der Waals surface area contributed by atoms with Gasteiger partial charge in [-0.15, -0.1) is 0 Å². The van der Waals surface area contributed by atoms with Crippen molar-refractivity contribution in [2.75, 3.05) is 0 Å². The summed E-state index contributed by atoms with van der Waals surface area (Å²) < 4.78 is 25.0. The molecule has 0 radical (unpaired) electrons. The molecule has 0 aromatic heterocycles. The van der Waals surface area contributed by atoms with Crippen molar-refractivity contribution in [1.29, 1.82) is 0 Å². The van der Waals surface area contributed by atoms with Crippen LogP contribution in [0.2, 0.25) is 0 Å². The maximum absolute atomic E-state index is 14.0. The third-order valence-corrected chi connectivity index (χ3v) is 4.82. The third-order valence-electron chi connectivity index (χ3n) is 4.82. The number of halogens is 1. The van der Waals surface area contributed by atoms with Crippen molar-refractivity contribution in [3.63, 3.8) is 0 Å². The van der Waals surface area contributed by atoms with Gasteiger partial charge < -0.3 is 14.6 Å². The van der Waals surface area contributed by atoms with E-state index in [1.54, 1.807) is 41.5 Å². The zero-order chi connectivity index (χ0) is 23.1. The molecule has 166 valence electrons. The summed E-state index contributed by atoms with van der Waals surface area (Å²) in [5, 5.41) is 11.0. The van der Waals surface area contributed by atoms with Gasteiger partial charge in [-0.2, -0.15) is 0 Å². The van der Waals surface area contributed by atoms with E-state index in [4.69, 9.17) is 9.47 Å². The predicted octanol–water partition coefficient (Wildman–Crippen LogP) is 3.55. The summed E-state index contributed by atoms with van der Waals surface area (Å²) in [6.45, 7) is 11.4.